The van der Waals surface area contributed by atoms with E-state index in [4.69, 9.17) is 4.74 Å². The molecule has 3 rings (SSSR count). The van der Waals surface area contributed by atoms with Crippen molar-refractivity contribution < 1.29 is 17.9 Å². The van der Waals surface area contributed by atoms with Crippen LogP contribution in [-0.2, 0) is 26.0 Å². The normalized spacial score (nSPS) is 12.6. The van der Waals surface area contributed by atoms with E-state index in [2.05, 4.69) is 9.71 Å². The lowest BCUT2D eigenvalue weighted by atomic mass is 10.1. The smallest absolute Gasteiger partial charge is 0.324 e. The molecule has 27 heavy (non-hydrogen) atoms. The molecule has 0 fully saturated rings. The lowest BCUT2D eigenvalue weighted by Gasteiger charge is -2.18. The van der Waals surface area contributed by atoms with E-state index in [1.807, 2.05) is 30.3 Å². The fourth-order valence-electron chi connectivity index (χ4n) is 2.84. The van der Waals surface area contributed by atoms with Gasteiger partial charge in [0.15, 0.2) is 0 Å². The Kier molecular flexibility index (Phi) is 5.83. The molecule has 1 aromatic heterocycles. The summed E-state index contributed by atoms with van der Waals surface area (Å²) in [5.74, 6) is -0.605. The highest BCUT2D eigenvalue weighted by Crippen LogP contribution is 2.22. The van der Waals surface area contributed by atoms with Crippen LogP contribution in [0.2, 0.25) is 0 Å². The predicted octanol–water partition coefficient (Wildman–Crippen LogP) is 2.69. The van der Waals surface area contributed by atoms with Crippen molar-refractivity contribution in [2.75, 3.05) is 6.61 Å². The van der Waals surface area contributed by atoms with Crippen molar-refractivity contribution in [2.45, 2.75) is 24.3 Å². The number of fused-ring (bicyclic) bond motifs is 1. The van der Waals surface area contributed by atoms with Gasteiger partial charge in [0, 0.05) is 23.2 Å². The lowest BCUT2D eigenvalue weighted by molar-refractivity contribution is -0.145. The van der Waals surface area contributed by atoms with Crippen molar-refractivity contribution in [3.05, 3.63) is 72.6 Å². The Morgan fingerprint density at radius 1 is 1.11 bits per heavy atom. The molecule has 0 aliphatic rings. The molecule has 0 unspecified atom stereocenters. The Morgan fingerprint density at radius 3 is 2.63 bits per heavy atom. The third-order valence-electron chi connectivity index (χ3n) is 4.08. The zero-order chi connectivity index (χ0) is 19.3. The highest BCUT2D eigenvalue weighted by atomic mass is 32.2. The number of carbonyl (C=O) groups excluding carboxylic acids is 1. The number of rotatable bonds is 7. The third kappa shape index (κ3) is 4.50. The maximum atomic E-state index is 13.0. The molecular formula is C20H20N2O4S. The van der Waals surface area contributed by atoms with Crippen LogP contribution in [0.1, 0.15) is 12.5 Å². The van der Waals surface area contributed by atoms with Crippen LogP contribution in [0.3, 0.4) is 0 Å². The summed E-state index contributed by atoms with van der Waals surface area (Å²) >= 11 is 0. The quantitative estimate of drug-likeness (QED) is 0.633. The second kappa shape index (κ2) is 8.28. The highest BCUT2D eigenvalue weighted by Gasteiger charge is 2.28. The molecule has 0 saturated heterocycles. The zero-order valence-electron chi connectivity index (χ0n) is 14.8. The number of nitrogens with zero attached hydrogens (tertiary/aromatic N) is 1. The van der Waals surface area contributed by atoms with Crippen molar-refractivity contribution in [1.29, 1.82) is 0 Å². The minimum atomic E-state index is -3.95. The molecule has 0 bridgehead atoms. The fourth-order valence-corrected chi connectivity index (χ4v) is 4.26. The van der Waals surface area contributed by atoms with Crippen LogP contribution in [0.25, 0.3) is 10.8 Å². The number of sulfonamides is 1. The lowest BCUT2D eigenvalue weighted by Crippen LogP contribution is -2.43. The number of ether oxygens (including phenoxy) is 1. The number of carbonyl (C=O) groups is 1. The Balaban J connectivity index is 1.94. The van der Waals surface area contributed by atoms with E-state index < -0.39 is 22.0 Å². The molecule has 1 N–H and O–H groups in total. The molecule has 3 aromatic rings. The van der Waals surface area contributed by atoms with Crippen molar-refractivity contribution in [3.8, 4) is 0 Å². The molecule has 140 valence electrons. The summed E-state index contributed by atoms with van der Waals surface area (Å²) in [5, 5.41) is 1.25. The minimum absolute atomic E-state index is 0.102. The first-order valence-electron chi connectivity index (χ1n) is 8.57. The highest BCUT2D eigenvalue weighted by molar-refractivity contribution is 7.89. The molecule has 6 nitrogen and oxygen atoms in total. The summed E-state index contributed by atoms with van der Waals surface area (Å²) in [4.78, 5) is 16.5. The Hall–Kier alpha value is -2.77. The number of hydrogen-bond acceptors (Lipinski definition) is 5. The Bertz CT molecular complexity index is 1030. The van der Waals surface area contributed by atoms with Gasteiger partial charge in [-0.05, 0) is 31.0 Å². The van der Waals surface area contributed by atoms with E-state index in [1.54, 1.807) is 31.3 Å². The van der Waals surface area contributed by atoms with Gasteiger partial charge in [0.1, 0.15) is 6.04 Å². The maximum absolute atomic E-state index is 13.0. The van der Waals surface area contributed by atoms with Gasteiger partial charge in [0.05, 0.1) is 11.5 Å². The number of nitrogens with one attached hydrogen (secondary N) is 1. The van der Waals surface area contributed by atoms with Crippen LogP contribution in [0.15, 0.2) is 71.9 Å². The summed E-state index contributed by atoms with van der Waals surface area (Å²) in [6, 6.07) is 14.8. The predicted molar refractivity (Wildman–Crippen MR) is 103 cm³/mol. The molecule has 2 aromatic carbocycles. The molecule has 7 heteroatoms. The van der Waals surface area contributed by atoms with Gasteiger partial charge in [0.2, 0.25) is 10.0 Å². The molecule has 1 atom stereocenters. The summed E-state index contributed by atoms with van der Waals surface area (Å²) in [6.45, 7) is 1.86. The molecule has 0 aliphatic carbocycles. The largest absolute Gasteiger partial charge is 0.465 e. The van der Waals surface area contributed by atoms with Crippen molar-refractivity contribution in [1.82, 2.24) is 9.71 Å². The average Bonchev–Trinajstić information content (AvgIpc) is 2.68. The topological polar surface area (TPSA) is 85.4 Å². The van der Waals surface area contributed by atoms with Crippen LogP contribution >= 0.6 is 0 Å². The molecular weight excluding hydrogens is 364 g/mol. The first-order valence-corrected chi connectivity index (χ1v) is 10.0. The average molecular weight is 384 g/mol. The summed E-state index contributed by atoms with van der Waals surface area (Å²) in [6.07, 6.45) is 3.33. The summed E-state index contributed by atoms with van der Waals surface area (Å²) < 4.78 is 33.6. The van der Waals surface area contributed by atoms with Crippen LogP contribution in [-0.4, -0.2) is 32.0 Å². The van der Waals surface area contributed by atoms with Crippen LogP contribution in [0.5, 0.6) is 0 Å². The van der Waals surface area contributed by atoms with Crippen LogP contribution in [0, 0.1) is 0 Å². The van der Waals surface area contributed by atoms with Gasteiger partial charge in [-0.25, -0.2) is 8.42 Å². The Labute approximate surface area is 158 Å². The number of pyridine rings is 1. The van der Waals surface area contributed by atoms with E-state index in [9.17, 15) is 13.2 Å². The number of benzene rings is 2. The van der Waals surface area contributed by atoms with Crippen molar-refractivity contribution in [3.63, 3.8) is 0 Å². The number of hydrogen-bond donors (Lipinski definition) is 1. The van der Waals surface area contributed by atoms with Crippen molar-refractivity contribution in [2.24, 2.45) is 0 Å². The second-order valence-corrected chi connectivity index (χ2v) is 7.65. The molecule has 0 amide bonds. The van der Waals surface area contributed by atoms with Crippen LogP contribution < -0.4 is 4.72 Å². The van der Waals surface area contributed by atoms with Gasteiger partial charge in [0.25, 0.3) is 0 Å². The SMILES string of the molecule is CCOC(=O)[C@H](Cc1ccccc1)NS(=O)(=O)c1cccc2cnccc12. The van der Waals surface area contributed by atoms with Gasteiger partial charge >= 0.3 is 5.97 Å². The number of aromatic nitrogens is 1. The minimum Gasteiger partial charge on any atom is -0.465 e. The monoisotopic (exact) mass is 384 g/mol. The van der Waals surface area contributed by atoms with E-state index in [-0.39, 0.29) is 17.9 Å². The van der Waals surface area contributed by atoms with Gasteiger partial charge in [-0.1, -0.05) is 42.5 Å². The summed E-state index contributed by atoms with van der Waals surface area (Å²) in [7, 11) is -3.95. The molecule has 0 aliphatic heterocycles. The van der Waals surface area contributed by atoms with Gasteiger partial charge < -0.3 is 4.74 Å². The first kappa shape index (κ1) is 19.0. The van der Waals surface area contributed by atoms with E-state index >= 15 is 0 Å². The number of esters is 1. The van der Waals surface area contributed by atoms with E-state index in [1.165, 1.54) is 12.3 Å². The van der Waals surface area contributed by atoms with Crippen molar-refractivity contribution >= 4 is 26.8 Å². The standard InChI is InChI=1S/C20H20N2O4S/c1-2-26-20(23)18(13-15-7-4-3-5-8-15)22-27(24,25)19-10-6-9-16-14-21-12-11-17(16)19/h3-12,14,18,22H,2,13H2,1H3/t18-/m0/s1. The molecule has 0 radical (unpaired) electrons. The zero-order valence-corrected chi connectivity index (χ0v) is 15.6. The Morgan fingerprint density at radius 2 is 1.89 bits per heavy atom. The third-order valence-corrected chi connectivity index (χ3v) is 5.61. The summed E-state index contributed by atoms with van der Waals surface area (Å²) in [5.41, 5.74) is 0.834. The van der Waals surface area contributed by atoms with Crippen LogP contribution in [0.4, 0.5) is 0 Å². The van der Waals surface area contributed by atoms with E-state index in [0.29, 0.717) is 10.8 Å². The van der Waals surface area contributed by atoms with E-state index in [0.717, 1.165) is 5.56 Å². The molecule has 0 spiro atoms. The van der Waals surface area contributed by atoms with Gasteiger partial charge in [-0.3, -0.25) is 9.78 Å². The van der Waals surface area contributed by atoms with Gasteiger partial charge in [-0.15, -0.1) is 0 Å². The second-order valence-electron chi connectivity index (χ2n) is 5.97. The maximum Gasteiger partial charge on any atom is 0.324 e. The molecule has 0 saturated carbocycles. The fraction of sp³-hybridized carbons (Fsp3) is 0.200. The van der Waals surface area contributed by atoms with Gasteiger partial charge in [-0.2, -0.15) is 4.72 Å². The molecule has 1 heterocycles. The first-order chi connectivity index (χ1) is 13.0.